The molecule has 0 aromatic carbocycles. The first-order chi connectivity index (χ1) is 3.68. The second kappa shape index (κ2) is 3.98. The molecule has 0 aliphatic heterocycles. The van der Waals surface area contributed by atoms with Gasteiger partial charge in [-0.1, -0.05) is 13.5 Å². The zero-order chi connectivity index (χ0) is 6.57. The molecule has 8 heavy (non-hydrogen) atoms. The minimum atomic E-state index is -0.238. The summed E-state index contributed by atoms with van der Waals surface area (Å²) in [6.07, 6.45) is -0.238. The molecular formula is C6H12OS. The summed E-state index contributed by atoms with van der Waals surface area (Å²) >= 11 is 1.55. The summed E-state index contributed by atoms with van der Waals surface area (Å²) in [6.45, 7) is 7.28. The molecule has 2 unspecified atom stereocenters. The summed E-state index contributed by atoms with van der Waals surface area (Å²) in [6, 6.07) is 0. The van der Waals surface area contributed by atoms with Gasteiger partial charge in [0.25, 0.3) is 0 Å². The van der Waals surface area contributed by atoms with E-state index in [0.717, 1.165) is 0 Å². The van der Waals surface area contributed by atoms with Gasteiger partial charge in [0, 0.05) is 5.25 Å². The van der Waals surface area contributed by atoms with Crippen molar-refractivity contribution in [3.63, 3.8) is 0 Å². The molecule has 0 fully saturated rings. The molecule has 0 radical (unpaired) electrons. The highest BCUT2D eigenvalue weighted by Crippen LogP contribution is 2.13. The minimum absolute atomic E-state index is 0.238. The lowest BCUT2D eigenvalue weighted by Crippen LogP contribution is -2.13. The fourth-order valence-electron chi connectivity index (χ4n) is 0.265. The normalized spacial score (nSPS) is 17.4. The summed E-state index contributed by atoms with van der Waals surface area (Å²) in [5.74, 6) is 0. The fraction of sp³-hybridized carbons (Fsp3) is 0.667. The second-order valence-electron chi connectivity index (χ2n) is 1.75. The van der Waals surface area contributed by atoms with Crippen LogP contribution in [0.4, 0.5) is 0 Å². The largest absolute Gasteiger partial charge is 0.392 e. The van der Waals surface area contributed by atoms with Crippen LogP contribution < -0.4 is 0 Å². The van der Waals surface area contributed by atoms with Gasteiger partial charge in [-0.15, -0.1) is 11.8 Å². The molecule has 48 valence electrons. The highest BCUT2D eigenvalue weighted by Gasteiger charge is 2.05. The van der Waals surface area contributed by atoms with Crippen molar-refractivity contribution in [1.29, 1.82) is 0 Å². The van der Waals surface area contributed by atoms with Gasteiger partial charge < -0.3 is 5.11 Å². The number of rotatable bonds is 3. The lowest BCUT2D eigenvalue weighted by molar-refractivity contribution is 0.196. The molecule has 0 aliphatic rings. The van der Waals surface area contributed by atoms with Crippen LogP contribution in [0.2, 0.25) is 0 Å². The van der Waals surface area contributed by atoms with Crippen molar-refractivity contribution in [3.05, 3.63) is 12.0 Å². The standard InChI is InChI=1S/C6H12OS/c1-4-8-6(3)5(2)7/h4-7H,1H2,2-3H3. The van der Waals surface area contributed by atoms with E-state index in [-0.39, 0.29) is 11.4 Å². The number of hydrogen-bond acceptors (Lipinski definition) is 2. The van der Waals surface area contributed by atoms with Gasteiger partial charge in [0.1, 0.15) is 0 Å². The summed E-state index contributed by atoms with van der Waals surface area (Å²) in [5.41, 5.74) is 0. The van der Waals surface area contributed by atoms with Crippen LogP contribution in [0, 0.1) is 0 Å². The molecule has 0 saturated carbocycles. The third kappa shape index (κ3) is 3.10. The van der Waals surface area contributed by atoms with Gasteiger partial charge in [-0.3, -0.25) is 0 Å². The van der Waals surface area contributed by atoms with Gasteiger partial charge in [0.2, 0.25) is 0 Å². The van der Waals surface area contributed by atoms with E-state index in [2.05, 4.69) is 6.58 Å². The van der Waals surface area contributed by atoms with E-state index in [4.69, 9.17) is 5.11 Å². The number of aliphatic hydroxyl groups excluding tert-OH is 1. The Morgan fingerprint density at radius 3 is 2.25 bits per heavy atom. The van der Waals surface area contributed by atoms with Crippen LogP contribution in [0.25, 0.3) is 0 Å². The molecule has 2 atom stereocenters. The highest BCUT2D eigenvalue weighted by atomic mass is 32.2. The van der Waals surface area contributed by atoms with Crippen molar-refractivity contribution in [2.24, 2.45) is 0 Å². The first-order valence-corrected chi connectivity index (χ1v) is 3.57. The van der Waals surface area contributed by atoms with Gasteiger partial charge in [0.05, 0.1) is 6.10 Å². The van der Waals surface area contributed by atoms with Crippen LogP contribution in [0.5, 0.6) is 0 Å². The number of thioether (sulfide) groups is 1. The van der Waals surface area contributed by atoms with E-state index < -0.39 is 0 Å². The van der Waals surface area contributed by atoms with Crippen molar-refractivity contribution in [2.75, 3.05) is 0 Å². The van der Waals surface area contributed by atoms with Gasteiger partial charge in [-0.2, -0.15) is 0 Å². The molecule has 0 aromatic rings. The van der Waals surface area contributed by atoms with E-state index >= 15 is 0 Å². The zero-order valence-electron chi connectivity index (χ0n) is 5.29. The summed E-state index contributed by atoms with van der Waals surface area (Å²) in [5, 5.41) is 10.9. The van der Waals surface area contributed by atoms with Crippen LogP contribution in [0.1, 0.15) is 13.8 Å². The Labute approximate surface area is 54.8 Å². The Morgan fingerprint density at radius 1 is 1.62 bits per heavy atom. The van der Waals surface area contributed by atoms with E-state index in [1.165, 1.54) is 0 Å². The molecule has 0 aromatic heterocycles. The number of hydrogen-bond donors (Lipinski definition) is 1. The molecule has 0 aliphatic carbocycles. The summed E-state index contributed by atoms with van der Waals surface area (Å²) < 4.78 is 0. The molecule has 0 amide bonds. The third-order valence-corrected chi connectivity index (χ3v) is 2.01. The van der Waals surface area contributed by atoms with Crippen LogP contribution in [0.15, 0.2) is 12.0 Å². The quantitative estimate of drug-likeness (QED) is 0.630. The molecule has 0 bridgehead atoms. The molecule has 0 heterocycles. The predicted octanol–water partition coefficient (Wildman–Crippen LogP) is 1.63. The zero-order valence-corrected chi connectivity index (χ0v) is 6.11. The van der Waals surface area contributed by atoms with E-state index in [1.54, 1.807) is 24.1 Å². The molecule has 2 heteroatoms. The van der Waals surface area contributed by atoms with Gasteiger partial charge in [-0.25, -0.2) is 0 Å². The van der Waals surface area contributed by atoms with E-state index in [1.807, 2.05) is 6.92 Å². The van der Waals surface area contributed by atoms with Crippen molar-refractivity contribution >= 4 is 11.8 Å². The first-order valence-electron chi connectivity index (χ1n) is 2.63. The molecule has 1 nitrogen and oxygen atoms in total. The van der Waals surface area contributed by atoms with Crippen molar-refractivity contribution in [2.45, 2.75) is 25.2 Å². The lowest BCUT2D eigenvalue weighted by Gasteiger charge is -2.09. The van der Waals surface area contributed by atoms with E-state index in [0.29, 0.717) is 0 Å². The van der Waals surface area contributed by atoms with E-state index in [9.17, 15) is 0 Å². The average molecular weight is 132 g/mol. The Balaban J connectivity index is 3.30. The summed E-state index contributed by atoms with van der Waals surface area (Å²) in [4.78, 5) is 0. The first kappa shape index (κ1) is 8.05. The predicted molar refractivity (Wildman–Crippen MR) is 38.9 cm³/mol. The van der Waals surface area contributed by atoms with Crippen LogP contribution in [-0.2, 0) is 0 Å². The maximum atomic E-state index is 8.88. The van der Waals surface area contributed by atoms with Gasteiger partial charge in [-0.05, 0) is 12.3 Å². The third-order valence-electron chi connectivity index (χ3n) is 0.990. The Kier molecular flexibility index (Phi) is 4.01. The molecule has 0 rings (SSSR count). The SMILES string of the molecule is C=CSC(C)C(C)O. The number of aliphatic hydroxyl groups is 1. The van der Waals surface area contributed by atoms with Crippen LogP contribution in [-0.4, -0.2) is 16.5 Å². The van der Waals surface area contributed by atoms with Crippen molar-refractivity contribution in [3.8, 4) is 0 Å². The van der Waals surface area contributed by atoms with Crippen LogP contribution >= 0.6 is 11.8 Å². The van der Waals surface area contributed by atoms with Gasteiger partial charge in [0.15, 0.2) is 0 Å². The van der Waals surface area contributed by atoms with Crippen molar-refractivity contribution in [1.82, 2.24) is 0 Å². The maximum Gasteiger partial charge on any atom is 0.0631 e. The highest BCUT2D eigenvalue weighted by molar-refractivity contribution is 8.02. The minimum Gasteiger partial charge on any atom is -0.392 e. The molecule has 0 spiro atoms. The fourth-order valence-corrected chi connectivity index (χ4v) is 0.796. The topological polar surface area (TPSA) is 20.2 Å². The lowest BCUT2D eigenvalue weighted by atomic mass is 10.3. The molecular weight excluding hydrogens is 120 g/mol. The average Bonchev–Trinajstić information content (AvgIpc) is 1.67. The molecule has 0 saturated heterocycles. The van der Waals surface area contributed by atoms with Crippen molar-refractivity contribution < 1.29 is 5.11 Å². The monoisotopic (exact) mass is 132 g/mol. The smallest absolute Gasteiger partial charge is 0.0631 e. The Hall–Kier alpha value is 0.0500. The Morgan fingerprint density at radius 2 is 2.12 bits per heavy atom. The Bertz CT molecular complexity index is 70.9. The van der Waals surface area contributed by atoms with Crippen LogP contribution in [0.3, 0.4) is 0 Å². The second-order valence-corrected chi connectivity index (χ2v) is 3.10. The van der Waals surface area contributed by atoms with Gasteiger partial charge >= 0.3 is 0 Å². The maximum absolute atomic E-state index is 8.88. The summed E-state index contributed by atoms with van der Waals surface area (Å²) in [7, 11) is 0. The molecule has 1 N–H and O–H groups in total.